The van der Waals surface area contributed by atoms with Crippen LogP contribution in [-0.4, -0.2) is 20.9 Å². The molecule has 1 amide bonds. The SMILES string of the molecule is NNc1nc(-c2ccc(F)c(C(=O)Nc3ccc(Oc4ncccn4)cc3)c2)ccc1N. The first-order valence-corrected chi connectivity index (χ1v) is 9.43. The summed E-state index contributed by atoms with van der Waals surface area (Å²) in [5.74, 6) is 4.89. The van der Waals surface area contributed by atoms with E-state index in [9.17, 15) is 9.18 Å². The van der Waals surface area contributed by atoms with Crippen molar-refractivity contribution in [3.63, 3.8) is 0 Å². The minimum absolute atomic E-state index is 0.138. The highest BCUT2D eigenvalue weighted by atomic mass is 19.1. The van der Waals surface area contributed by atoms with Gasteiger partial charge in [-0.15, -0.1) is 0 Å². The van der Waals surface area contributed by atoms with Gasteiger partial charge in [0.2, 0.25) is 0 Å². The second-order valence-corrected chi connectivity index (χ2v) is 6.59. The Morgan fingerprint density at radius 3 is 2.47 bits per heavy atom. The van der Waals surface area contributed by atoms with Gasteiger partial charge in [-0.05, 0) is 60.7 Å². The number of nitrogens with zero attached hydrogens (tertiary/aromatic N) is 3. The van der Waals surface area contributed by atoms with Crippen molar-refractivity contribution in [2.45, 2.75) is 0 Å². The molecule has 0 fully saturated rings. The number of amides is 1. The summed E-state index contributed by atoms with van der Waals surface area (Å²) in [5, 5.41) is 2.66. The van der Waals surface area contributed by atoms with E-state index >= 15 is 0 Å². The molecule has 0 radical (unpaired) electrons. The van der Waals surface area contributed by atoms with Crippen LogP contribution in [-0.2, 0) is 0 Å². The molecule has 0 spiro atoms. The van der Waals surface area contributed by atoms with Crippen LogP contribution in [0.25, 0.3) is 11.3 Å². The number of hydrogen-bond donors (Lipinski definition) is 4. The van der Waals surface area contributed by atoms with Gasteiger partial charge in [0.25, 0.3) is 5.91 Å². The highest BCUT2D eigenvalue weighted by molar-refractivity contribution is 6.05. The number of carbonyl (C=O) groups excluding carboxylic acids is 1. The zero-order chi connectivity index (χ0) is 22.5. The topological polar surface area (TPSA) is 141 Å². The van der Waals surface area contributed by atoms with E-state index in [1.165, 1.54) is 18.2 Å². The normalized spacial score (nSPS) is 10.4. The van der Waals surface area contributed by atoms with Gasteiger partial charge in [-0.1, -0.05) is 0 Å². The standard InChI is InChI=1S/C22H18FN7O2/c23-17-7-2-13(19-9-8-18(24)20(29-19)30-25)12-16(17)21(31)28-14-3-5-15(6-4-14)32-22-26-10-1-11-27-22/h1-12H,24-25H2,(H,28,31)(H,29,30). The van der Waals surface area contributed by atoms with Crippen LogP contribution < -0.4 is 27.1 Å². The Morgan fingerprint density at radius 1 is 1.00 bits per heavy atom. The van der Waals surface area contributed by atoms with Crippen LogP contribution in [0.15, 0.2) is 73.1 Å². The third-order valence-corrected chi connectivity index (χ3v) is 4.43. The van der Waals surface area contributed by atoms with Crippen LogP contribution >= 0.6 is 0 Å². The summed E-state index contributed by atoms with van der Waals surface area (Å²) in [7, 11) is 0. The molecule has 0 aliphatic carbocycles. The van der Waals surface area contributed by atoms with Gasteiger partial charge in [0.15, 0.2) is 5.82 Å². The monoisotopic (exact) mass is 431 g/mol. The molecule has 32 heavy (non-hydrogen) atoms. The van der Waals surface area contributed by atoms with Crippen LogP contribution in [0.2, 0.25) is 0 Å². The van der Waals surface area contributed by atoms with E-state index in [-0.39, 0.29) is 17.4 Å². The Balaban J connectivity index is 1.51. The molecule has 0 bridgehead atoms. The van der Waals surface area contributed by atoms with E-state index < -0.39 is 11.7 Å². The highest BCUT2D eigenvalue weighted by Gasteiger charge is 2.15. The fraction of sp³-hybridized carbons (Fsp3) is 0. The minimum Gasteiger partial charge on any atom is -0.424 e. The molecule has 0 saturated carbocycles. The van der Waals surface area contributed by atoms with Gasteiger partial charge in [0.05, 0.1) is 16.9 Å². The van der Waals surface area contributed by atoms with Gasteiger partial charge in [0, 0.05) is 23.6 Å². The molecular weight excluding hydrogens is 413 g/mol. The van der Waals surface area contributed by atoms with Crippen molar-refractivity contribution in [2.75, 3.05) is 16.5 Å². The van der Waals surface area contributed by atoms with Gasteiger partial charge in [0.1, 0.15) is 11.6 Å². The molecule has 0 unspecified atom stereocenters. The molecule has 4 rings (SSSR count). The maximum Gasteiger partial charge on any atom is 0.321 e. The lowest BCUT2D eigenvalue weighted by Crippen LogP contribution is -2.14. The predicted octanol–water partition coefficient (Wildman–Crippen LogP) is 3.59. The van der Waals surface area contributed by atoms with E-state index in [2.05, 4.69) is 25.7 Å². The summed E-state index contributed by atoms with van der Waals surface area (Å²) in [6.07, 6.45) is 3.12. The van der Waals surface area contributed by atoms with Crippen LogP contribution in [0.4, 0.5) is 21.6 Å². The van der Waals surface area contributed by atoms with Gasteiger partial charge < -0.3 is 21.2 Å². The average Bonchev–Trinajstić information content (AvgIpc) is 2.81. The average molecular weight is 431 g/mol. The molecule has 10 heteroatoms. The second kappa shape index (κ2) is 9.06. The molecule has 160 valence electrons. The number of anilines is 3. The number of nitrogen functional groups attached to an aromatic ring is 2. The van der Waals surface area contributed by atoms with Crippen molar-refractivity contribution in [1.29, 1.82) is 0 Å². The number of nitrogens with one attached hydrogen (secondary N) is 2. The van der Waals surface area contributed by atoms with Gasteiger partial charge in [-0.3, -0.25) is 4.79 Å². The summed E-state index contributed by atoms with van der Waals surface area (Å²) in [4.78, 5) is 24.9. The largest absolute Gasteiger partial charge is 0.424 e. The first-order valence-electron chi connectivity index (χ1n) is 9.43. The summed E-state index contributed by atoms with van der Waals surface area (Å²) >= 11 is 0. The molecule has 0 aliphatic rings. The van der Waals surface area contributed by atoms with E-state index in [0.717, 1.165) is 0 Å². The Morgan fingerprint density at radius 2 is 1.75 bits per heavy atom. The predicted molar refractivity (Wildman–Crippen MR) is 118 cm³/mol. The maximum atomic E-state index is 14.4. The summed E-state index contributed by atoms with van der Waals surface area (Å²) < 4.78 is 19.9. The van der Waals surface area contributed by atoms with Crippen LogP contribution in [0, 0.1) is 5.82 Å². The molecular formula is C22H18FN7O2. The maximum absolute atomic E-state index is 14.4. The third-order valence-electron chi connectivity index (χ3n) is 4.43. The molecule has 9 nitrogen and oxygen atoms in total. The molecule has 0 aliphatic heterocycles. The van der Waals surface area contributed by atoms with E-state index in [1.807, 2.05) is 0 Å². The van der Waals surface area contributed by atoms with E-state index in [1.54, 1.807) is 54.9 Å². The summed E-state index contributed by atoms with van der Waals surface area (Å²) in [6.45, 7) is 0. The summed E-state index contributed by atoms with van der Waals surface area (Å²) in [6, 6.07) is 15.8. The fourth-order valence-electron chi connectivity index (χ4n) is 2.85. The number of hydrogen-bond acceptors (Lipinski definition) is 8. The van der Waals surface area contributed by atoms with Crippen molar-refractivity contribution in [1.82, 2.24) is 15.0 Å². The smallest absolute Gasteiger partial charge is 0.321 e. The lowest BCUT2D eigenvalue weighted by molar-refractivity contribution is 0.102. The summed E-state index contributed by atoms with van der Waals surface area (Å²) in [5.41, 5.74) is 9.86. The van der Waals surface area contributed by atoms with Crippen molar-refractivity contribution in [3.8, 4) is 23.0 Å². The molecule has 6 N–H and O–H groups in total. The van der Waals surface area contributed by atoms with Crippen LogP contribution in [0.5, 0.6) is 11.8 Å². The lowest BCUT2D eigenvalue weighted by Gasteiger charge is -2.10. The Hall–Kier alpha value is -4.57. The first kappa shape index (κ1) is 20.7. The molecule has 2 heterocycles. The minimum atomic E-state index is -0.667. The molecule has 2 aromatic heterocycles. The lowest BCUT2D eigenvalue weighted by atomic mass is 10.1. The Labute approximate surface area is 182 Å². The first-order chi connectivity index (χ1) is 15.5. The number of ether oxygens (including phenoxy) is 1. The zero-order valence-corrected chi connectivity index (χ0v) is 16.6. The van der Waals surface area contributed by atoms with Crippen molar-refractivity contribution >= 4 is 23.1 Å². The number of benzene rings is 2. The number of rotatable bonds is 6. The Bertz CT molecular complexity index is 1250. The van der Waals surface area contributed by atoms with Crippen molar-refractivity contribution in [2.24, 2.45) is 5.84 Å². The number of halogens is 1. The Kier molecular flexibility index (Phi) is 5.86. The number of hydrazine groups is 1. The van der Waals surface area contributed by atoms with E-state index in [4.69, 9.17) is 16.3 Å². The number of pyridine rings is 1. The molecule has 4 aromatic rings. The third kappa shape index (κ3) is 4.60. The second-order valence-electron chi connectivity index (χ2n) is 6.59. The van der Waals surface area contributed by atoms with E-state index in [0.29, 0.717) is 28.4 Å². The number of carbonyl (C=O) groups is 1. The van der Waals surface area contributed by atoms with Crippen LogP contribution in [0.3, 0.4) is 0 Å². The van der Waals surface area contributed by atoms with Crippen molar-refractivity contribution in [3.05, 3.63) is 84.4 Å². The van der Waals surface area contributed by atoms with Gasteiger partial charge in [-0.2, -0.15) is 0 Å². The van der Waals surface area contributed by atoms with Crippen molar-refractivity contribution < 1.29 is 13.9 Å². The number of aromatic nitrogens is 3. The molecule has 0 atom stereocenters. The molecule has 2 aromatic carbocycles. The van der Waals surface area contributed by atoms with Crippen LogP contribution in [0.1, 0.15) is 10.4 Å². The quantitative estimate of drug-likeness (QED) is 0.268. The number of nitrogens with two attached hydrogens (primary N) is 2. The zero-order valence-electron chi connectivity index (χ0n) is 16.6. The molecule has 0 saturated heterocycles. The van der Waals surface area contributed by atoms with Gasteiger partial charge in [-0.25, -0.2) is 25.2 Å². The van der Waals surface area contributed by atoms with Gasteiger partial charge >= 0.3 is 6.01 Å². The highest BCUT2D eigenvalue weighted by Crippen LogP contribution is 2.26. The fourth-order valence-corrected chi connectivity index (χ4v) is 2.85.